The summed E-state index contributed by atoms with van der Waals surface area (Å²) in [6.45, 7) is 0. The van der Waals surface area contributed by atoms with Crippen molar-refractivity contribution < 1.29 is 4.74 Å². The van der Waals surface area contributed by atoms with Gasteiger partial charge in [0.05, 0.1) is 22.3 Å². The van der Waals surface area contributed by atoms with Gasteiger partial charge in [-0.2, -0.15) is 0 Å². The summed E-state index contributed by atoms with van der Waals surface area (Å²) in [5, 5.41) is 0.642. The van der Waals surface area contributed by atoms with Crippen LogP contribution in [0.1, 0.15) is 6.42 Å². The highest BCUT2D eigenvalue weighted by molar-refractivity contribution is 6.65. The van der Waals surface area contributed by atoms with E-state index in [2.05, 4.69) is 0 Å². The van der Waals surface area contributed by atoms with Crippen molar-refractivity contribution in [2.45, 2.75) is 32.7 Å². The monoisotopic (exact) mass is 378 g/mol. The summed E-state index contributed by atoms with van der Waals surface area (Å²) < 4.78 is 4.35. The van der Waals surface area contributed by atoms with Gasteiger partial charge in [0.15, 0.2) is 4.33 Å². The molecule has 104 valence electrons. The fourth-order valence-electron chi connectivity index (χ4n) is 5.30. The van der Waals surface area contributed by atoms with Crippen molar-refractivity contribution in [3.8, 4) is 0 Å². The molecule has 7 heteroatoms. The number of halogens is 6. The minimum absolute atomic E-state index is 0.0467. The molecular formula is C12H8Cl6O. The molecule has 0 spiro atoms. The normalized spacial score (nSPS) is 66.6. The van der Waals surface area contributed by atoms with Crippen molar-refractivity contribution in [2.75, 3.05) is 0 Å². The summed E-state index contributed by atoms with van der Waals surface area (Å²) in [6.07, 6.45) is 1.63. The summed E-state index contributed by atoms with van der Waals surface area (Å²) in [5.41, 5.74) is 0. The lowest BCUT2D eigenvalue weighted by Crippen LogP contribution is -2.46. The average Bonchev–Trinajstić information content (AvgIpc) is 2.91. The highest BCUT2D eigenvalue weighted by atomic mass is 35.5. The largest absolute Gasteiger partial charge is 0.369 e. The van der Waals surface area contributed by atoms with Crippen LogP contribution in [-0.4, -0.2) is 26.3 Å². The number of rotatable bonds is 0. The Labute approximate surface area is 140 Å². The van der Waals surface area contributed by atoms with Gasteiger partial charge in [-0.1, -0.05) is 46.4 Å². The molecule has 4 fully saturated rings. The number of ether oxygens (including phenoxy) is 1. The van der Waals surface area contributed by atoms with E-state index in [0.717, 1.165) is 6.42 Å². The molecule has 19 heavy (non-hydrogen) atoms. The molecule has 0 amide bonds. The van der Waals surface area contributed by atoms with Gasteiger partial charge in [0.25, 0.3) is 0 Å². The Hall–Kier alpha value is 1.44. The number of allylic oxidation sites excluding steroid dienone is 2. The van der Waals surface area contributed by atoms with Crippen LogP contribution >= 0.6 is 69.6 Å². The van der Waals surface area contributed by atoms with E-state index in [4.69, 9.17) is 74.3 Å². The first-order chi connectivity index (χ1) is 8.78. The first kappa shape index (κ1) is 12.9. The summed E-state index contributed by atoms with van der Waals surface area (Å²) >= 11 is 39.5. The molecule has 1 aliphatic heterocycles. The Morgan fingerprint density at radius 2 is 1.26 bits per heavy atom. The first-order valence-electron chi connectivity index (χ1n) is 6.25. The Bertz CT molecular complexity index is 516. The Kier molecular flexibility index (Phi) is 2.18. The topological polar surface area (TPSA) is 12.5 Å². The van der Waals surface area contributed by atoms with Crippen LogP contribution in [0.15, 0.2) is 10.1 Å². The van der Waals surface area contributed by atoms with Crippen molar-refractivity contribution in [3.63, 3.8) is 0 Å². The molecule has 5 rings (SSSR count). The molecule has 4 bridgehead atoms. The smallest absolute Gasteiger partial charge is 0.166 e. The van der Waals surface area contributed by atoms with Crippen molar-refractivity contribution in [3.05, 3.63) is 10.1 Å². The minimum atomic E-state index is -1.37. The van der Waals surface area contributed by atoms with E-state index in [0.29, 0.717) is 21.9 Å². The van der Waals surface area contributed by atoms with Crippen LogP contribution in [0.5, 0.6) is 0 Å². The van der Waals surface area contributed by atoms with E-state index in [1.807, 2.05) is 0 Å². The lowest BCUT2D eigenvalue weighted by Gasteiger charge is -2.38. The Balaban J connectivity index is 1.80. The zero-order chi connectivity index (χ0) is 13.5. The van der Waals surface area contributed by atoms with Gasteiger partial charge >= 0.3 is 0 Å². The summed E-state index contributed by atoms with van der Waals surface area (Å²) in [7, 11) is 0. The van der Waals surface area contributed by atoms with Gasteiger partial charge in [0.2, 0.25) is 0 Å². The molecule has 1 nitrogen and oxygen atoms in total. The zero-order valence-corrected chi connectivity index (χ0v) is 13.9. The minimum Gasteiger partial charge on any atom is -0.369 e. The second-order valence-electron chi connectivity index (χ2n) is 6.31. The maximum atomic E-state index is 6.82. The molecule has 3 saturated carbocycles. The molecule has 0 unspecified atom stereocenters. The summed E-state index contributed by atoms with van der Waals surface area (Å²) in [5.74, 6) is 0.776. The summed E-state index contributed by atoms with van der Waals surface area (Å²) in [6, 6.07) is 0. The highest BCUT2D eigenvalue weighted by Crippen LogP contribution is 2.84. The summed E-state index contributed by atoms with van der Waals surface area (Å²) in [4.78, 5) is -2.17. The van der Waals surface area contributed by atoms with Crippen LogP contribution in [0.4, 0.5) is 0 Å². The number of epoxide rings is 1. The predicted octanol–water partition coefficient (Wildman–Crippen LogP) is 4.48. The molecule has 5 aliphatic rings. The van der Waals surface area contributed by atoms with E-state index in [9.17, 15) is 0 Å². The molecule has 0 aromatic carbocycles. The SMILES string of the molecule is ClC1=C(Cl)[C@@]2(Cl)[C@@H]3[C@H]4C[C@H]([C@H]5O[C@@H]45)[C@H]3[C@@]1(Cl)C2(Cl)Cl. The van der Waals surface area contributed by atoms with Crippen LogP contribution in [-0.2, 0) is 4.74 Å². The number of alkyl halides is 4. The quantitative estimate of drug-likeness (QED) is 0.343. The fourth-order valence-corrected chi connectivity index (χ4v) is 8.43. The van der Waals surface area contributed by atoms with E-state index in [1.165, 1.54) is 0 Å². The molecule has 1 heterocycles. The van der Waals surface area contributed by atoms with Crippen LogP contribution in [0.2, 0.25) is 0 Å². The number of fused-ring (bicyclic) bond motifs is 12. The zero-order valence-electron chi connectivity index (χ0n) is 9.35. The lowest BCUT2D eigenvalue weighted by atomic mass is 9.73. The van der Waals surface area contributed by atoms with Gasteiger partial charge in [0.1, 0.15) is 9.75 Å². The van der Waals surface area contributed by atoms with Crippen molar-refractivity contribution in [1.82, 2.24) is 0 Å². The third-order valence-corrected chi connectivity index (χ3v) is 10.2. The van der Waals surface area contributed by atoms with E-state index in [1.54, 1.807) is 0 Å². The molecular weight excluding hydrogens is 373 g/mol. The van der Waals surface area contributed by atoms with Crippen molar-refractivity contribution in [1.29, 1.82) is 0 Å². The molecule has 0 radical (unpaired) electrons. The maximum Gasteiger partial charge on any atom is 0.166 e. The lowest BCUT2D eigenvalue weighted by molar-refractivity contribution is 0.237. The average molecular weight is 381 g/mol. The van der Waals surface area contributed by atoms with Crippen molar-refractivity contribution in [2.24, 2.45) is 23.7 Å². The van der Waals surface area contributed by atoms with Gasteiger partial charge in [-0.05, 0) is 30.1 Å². The predicted molar refractivity (Wildman–Crippen MR) is 77.6 cm³/mol. The Morgan fingerprint density at radius 1 is 0.842 bits per heavy atom. The number of hydrogen-bond donors (Lipinski definition) is 0. The second-order valence-corrected chi connectivity index (χ2v) is 9.58. The van der Waals surface area contributed by atoms with Crippen molar-refractivity contribution >= 4 is 69.6 Å². The van der Waals surface area contributed by atoms with Crippen LogP contribution < -0.4 is 0 Å². The van der Waals surface area contributed by atoms with Crippen LogP contribution in [0.25, 0.3) is 0 Å². The van der Waals surface area contributed by atoms with Crippen LogP contribution in [0.3, 0.4) is 0 Å². The van der Waals surface area contributed by atoms with Gasteiger partial charge in [-0.25, -0.2) is 0 Å². The molecule has 8 atom stereocenters. The van der Waals surface area contributed by atoms with Gasteiger partial charge < -0.3 is 4.74 Å². The molecule has 1 saturated heterocycles. The molecule has 0 aromatic rings. The molecule has 0 N–H and O–H groups in total. The van der Waals surface area contributed by atoms with E-state index in [-0.39, 0.29) is 24.0 Å². The fraction of sp³-hybridized carbons (Fsp3) is 0.833. The number of hydrogen-bond acceptors (Lipinski definition) is 1. The third kappa shape index (κ3) is 0.986. The Morgan fingerprint density at radius 3 is 1.68 bits per heavy atom. The van der Waals surface area contributed by atoms with Gasteiger partial charge in [-0.3, -0.25) is 0 Å². The second kappa shape index (κ2) is 3.20. The molecule has 4 aliphatic carbocycles. The van der Waals surface area contributed by atoms with Crippen LogP contribution in [0, 0.1) is 23.7 Å². The van der Waals surface area contributed by atoms with E-state index < -0.39 is 14.1 Å². The standard InChI is InChI=1S/C12H8Cl6O/c13-8-9(14)11(16)5-3-1-2(6-7(3)19-6)4(5)10(8,15)12(11,17)18/h2-7H,1H2/t2-,3+,4-,5-,6+,7-,10+,11+/m1/s1. The van der Waals surface area contributed by atoms with E-state index >= 15 is 0 Å². The molecule has 0 aromatic heterocycles. The first-order valence-corrected chi connectivity index (χ1v) is 8.52. The maximum absolute atomic E-state index is 6.82. The van der Waals surface area contributed by atoms with Gasteiger partial charge in [-0.15, -0.1) is 23.2 Å². The highest BCUT2D eigenvalue weighted by Gasteiger charge is 2.89. The third-order valence-electron chi connectivity index (χ3n) is 5.92. The van der Waals surface area contributed by atoms with Gasteiger partial charge in [0, 0.05) is 0 Å².